The summed E-state index contributed by atoms with van der Waals surface area (Å²) in [4.78, 5) is 0. The molecule has 1 N–H and O–H groups in total. The van der Waals surface area contributed by atoms with Crippen molar-refractivity contribution in [2.45, 2.75) is 65.8 Å². The molecule has 2 nitrogen and oxygen atoms in total. The van der Waals surface area contributed by atoms with E-state index < -0.39 is 0 Å². The normalized spacial score (nSPS) is 22.8. The van der Waals surface area contributed by atoms with E-state index in [4.69, 9.17) is 0 Å². The van der Waals surface area contributed by atoms with Crippen LogP contribution in [0.25, 0.3) is 5.57 Å². The van der Waals surface area contributed by atoms with Gasteiger partial charge in [0.2, 0.25) is 0 Å². The van der Waals surface area contributed by atoms with E-state index in [0.717, 1.165) is 0 Å². The van der Waals surface area contributed by atoms with Crippen molar-refractivity contribution in [2.24, 2.45) is 11.0 Å². The molecule has 0 amide bonds. The van der Waals surface area contributed by atoms with E-state index in [1.807, 2.05) is 6.21 Å². The van der Waals surface area contributed by atoms with Crippen LogP contribution in [0, 0.1) is 5.92 Å². The lowest BCUT2D eigenvalue weighted by Crippen LogP contribution is -2.26. The molecule has 2 aliphatic carbocycles. The fourth-order valence-electron chi connectivity index (χ4n) is 4.10. The monoisotopic (exact) mass is 322 g/mol. The summed E-state index contributed by atoms with van der Waals surface area (Å²) >= 11 is 0. The summed E-state index contributed by atoms with van der Waals surface area (Å²) in [5, 5.41) is 4.57. The number of hydrogen-bond donors (Lipinski definition) is 1. The lowest BCUT2D eigenvalue weighted by atomic mass is 9.89. The second kappa shape index (κ2) is 7.38. The van der Waals surface area contributed by atoms with Crippen molar-refractivity contribution in [3.63, 3.8) is 0 Å². The Labute approximate surface area is 146 Å². The van der Waals surface area contributed by atoms with Crippen LogP contribution in [0.5, 0.6) is 0 Å². The molecule has 0 bridgehead atoms. The molecule has 0 saturated heterocycles. The zero-order valence-electron chi connectivity index (χ0n) is 15.5. The Kier molecular flexibility index (Phi) is 5.23. The van der Waals surface area contributed by atoms with E-state index in [0.29, 0.717) is 12.0 Å². The second-order valence-corrected chi connectivity index (χ2v) is 7.38. The maximum Gasteiger partial charge on any atom is 0.0546 e. The third-order valence-corrected chi connectivity index (χ3v) is 5.96. The Balaban J connectivity index is 1.81. The smallest absolute Gasteiger partial charge is 0.0546 e. The molecule has 0 radical (unpaired) electrons. The quantitative estimate of drug-likeness (QED) is 0.558. The Morgan fingerprint density at radius 1 is 1.00 bits per heavy atom. The van der Waals surface area contributed by atoms with Gasteiger partial charge in [-0.2, -0.15) is 5.10 Å². The van der Waals surface area contributed by atoms with Crippen LogP contribution in [0.15, 0.2) is 46.1 Å². The molecule has 1 saturated carbocycles. The van der Waals surface area contributed by atoms with Crippen LogP contribution in [0.1, 0.15) is 70.9 Å². The first-order valence-corrected chi connectivity index (χ1v) is 9.36. The van der Waals surface area contributed by atoms with E-state index in [9.17, 15) is 0 Å². The highest BCUT2D eigenvalue weighted by Crippen LogP contribution is 2.42. The van der Waals surface area contributed by atoms with Gasteiger partial charge in [-0.05, 0) is 55.9 Å². The van der Waals surface area contributed by atoms with Crippen LogP contribution in [-0.2, 0) is 0 Å². The lowest BCUT2D eigenvalue weighted by Gasteiger charge is -2.21. The van der Waals surface area contributed by atoms with Gasteiger partial charge in [-0.25, -0.2) is 0 Å². The van der Waals surface area contributed by atoms with Crippen molar-refractivity contribution in [1.82, 2.24) is 5.43 Å². The van der Waals surface area contributed by atoms with Gasteiger partial charge < -0.3 is 5.43 Å². The Hall–Kier alpha value is -1.83. The highest BCUT2D eigenvalue weighted by Gasteiger charge is 2.25. The second-order valence-electron chi connectivity index (χ2n) is 7.38. The summed E-state index contributed by atoms with van der Waals surface area (Å²) in [5.74, 6) is 0.492. The summed E-state index contributed by atoms with van der Waals surface area (Å²) in [5.41, 5.74) is 11.7. The molecule has 24 heavy (non-hydrogen) atoms. The topological polar surface area (TPSA) is 24.4 Å². The molecular formula is C22H30N2. The highest BCUT2D eigenvalue weighted by atomic mass is 15.3. The van der Waals surface area contributed by atoms with Crippen molar-refractivity contribution in [3.05, 3.63) is 52.1 Å². The van der Waals surface area contributed by atoms with Gasteiger partial charge in [0, 0.05) is 17.5 Å². The van der Waals surface area contributed by atoms with E-state index in [1.165, 1.54) is 65.5 Å². The van der Waals surface area contributed by atoms with Crippen LogP contribution in [0.3, 0.4) is 0 Å². The van der Waals surface area contributed by atoms with Gasteiger partial charge in [0.1, 0.15) is 0 Å². The summed E-state index contributed by atoms with van der Waals surface area (Å²) in [7, 11) is 0. The molecule has 1 aromatic carbocycles. The predicted molar refractivity (Wildman–Crippen MR) is 104 cm³/mol. The van der Waals surface area contributed by atoms with Crippen molar-refractivity contribution >= 4 is 11.8 Å². The summed E-state index contributed by atoms with van der Waals surface area (Å²) in [6.45, 7) is 9.08. The van der Waals surface area contributed by atoms with Crippen LogP contribution in [0.4, 0.5) is 0 Å². The van der Waals surface area contributed by atoms with Gasteiger partial charge in [0.15, 0.2) is 0 Å². The first kappa shape index (κ1) is 17.0. The lowest BCUT2D eigenvalue weighted by molar-refractivity contribution is 0.381. The molecule has 3 rings (SSSR count). The number of hydrazone groups is 1. The molecule has 0 aromatic heterocycles. The Morgan fingerprint density at radius 2 is 1.71 bits per heavy atom. The molecule has 0 spiro atoms. The van der Waals surface area contributed by atoms with Crippen LogP contribution in [-0.4, -0.2) is 12.3 Å². The van der Waals surface area contributed by atoms with Gasteiger partial charge >= 0.3 is 0 Å². The van der Waals surface area contributed by atoms with E-state index in [2.05, 4.69) is 62.5 Å². The van der Waals surface area contributed by atoms with Gasteiger partial charge in [-0.1, -0.05) is 56.0 Å². The number of allylic oxidation sites excluding steroid dienone is 4. The average molecular weight is 322 g/mol. The van der Waals surface area contributed by atoms with E-state index in [1.54, 1.807) is 0 Å². The Bertz CT molecular complexity index is 688. The molecule has 1 atom stereocenters. The van der Waals surface area contributed by atoms with Gasteiger partial charge in [0.05, 0.1) is 6.21 Å². The maximum absolute atomic E-state index is 4.57. The predicted octanol–water partition coefficient (Wildman–Crippen LogP) is 5.70. The largest absolute Gasteiger partial charge is 0.307 e. The van der Waals surface area contributed by atoms with Crippen molar-refractivity contribution in [1.29, 1.82) is 0 Å². The van der Waals surface area contributed by atoms with Crippen molar-refractivity contribution < 1.29 is 0 Å². The number of nitrogens with zero attached hydrogens (tertiary/aromatic N) is 1. The molecule has 1 fully saturated rings. The third kappa shape index (κ3) is 3.33. The third-order valence-electron chi connectivity index (χ3n) is 5.96. The standard InChI is InChI=1S/C22H30N2/c1-15-16(2)18(4)22(17(15)3)21-13-9-8-10-19(21)14-23-24-20-11-6-5-7-12-20/h8-10,13-14,17,20,24H,5-7,11-12H2,1-4H3/b23-14+. The molecule has 1 aromatic rings. The molecule has 128 valence electrons. The number of hydrogen-bond acceptors (Lipinski definition) is 2. The first-order valence-electron chi connectivity index (χ1n) is 9.36. The molecular weight excluding hydrogens is 292 g/mol. The minimum atomic E-state index is 0.492. The molecule has 0 heterocycles. The maximum atomic E-state index is 4.57. The molecule has 0 aliphatic heterocycles. The Morgan fingerprint density at radius 3 is 2.38 bits per heavy atom. The number of benzene rings is 1. The van der Waals surface area contributed by atoms with Gasteiger partial charge in [-0.15, -0.1) is 0 Å². The molecule has 1 unspecified atom stereocenters. The van der Waals surface area contributed by atoms with Gasteiger partial charge in [0.25, 0.3) is 0 Å². The number of nitrogens with one attached hydrogen (secondary N) is 1. The zero-order valence-corrected chi connectivity index (χ0v) is 15.5. The van der Waals surface area contributed by atoms with Crippen LogP contribution >= 0.6 is 0 Å². The van der Waals surface area contributed by atoms with Gasteiger partial charge in [-0.3, -0.25) is 0 Å². The first-order chi connectivity index (χ1) is 11.6. The van der Waals surface area contributed by atoms with E-state index in [-0.39, 0.29) is 0 Å². The SMILES string of the molecule is CC1=C(C)C(C)C(c2ccccc2/C=N/NC2CCCCC2)=C1C. The molecule has 2 aliphatic rings. The van der Waals surface area contributed by atoms with Crippen LogP contribution in [0.2, 0.25) is 0 Å². The van der Waals surface area contributed by atoms with E-state index >= 15 is 0 Å². The summed E-state index contributed by atoms with van der Waals surface area (Å²) in [6, 6.07) is 9.21. The average Bonchev–Trinajstić information content (AvgIpc) is 2.80. The van der Waals surface area contributed by atoms with Crippen molar-refractivity contribution in [2.75, 3.05) is 0 Å². The summed E-state index contributed by atoms with van der Waals surface area (Å²) < 4.78 is 0. The number of rotatable bonds is 4. The fourth-order valence-corrected chi connectivity index (χ4v) is 4.10. The summed E-state index contributed by atoms with van der Waals surface area (Å²) in [6.07, 6.45) is 8.56. The minimum absolute atomic E-state index is 0.492. The van der Waals surface area contributed by atoms with Crippen molar-refractivity contribution in [3.8, 4) is 0 Å². The fraction of sp³-hybridized carbons (Fsp3) is 0.500. The molecule has 2 heteroatoms. The van der Waals surface area contributed by atoms with Crippen LogP contribution < -0.4 is 5.43 Å². The zero-order chi connectivity index (χ0) is 17.1. The minimum Gasteiger partial charge on any atom is -0.307 e. The highest BCUT2D eigenvalue weighted by molar-refractivity contribution is 5.91.